The van der Waals surface area contributed by atoms with Gasteiger partial charge in [-0.2, -0.15) is 0 Å². The Hall–Kier alpha value is -2.00. The number of nitrogens with zero attached hydrogens (tertiary/aromatic N) is 1. The average Bonchev–Trinajstić information content (AvgIpc) is 2.84. The lowest BCUT2D eigenvalue weighted by molar-refractivity contribution is -0.150. The van der Waals surface area contributed by atoms with Gasteiger partial charge in [-0.15, -0.1) is 0 Å². The monoisotopic (exact) mass is 429 g/mol. The highest BCUT2D eigenvalue weighted by Gasteiger charge is 2.41. The molecule has 0 aromatic heterocycles. The van der Waals surface area contributed by atoms with Crippen LogP contribution < -0.4 is 4.74 Å². The molecule has 1 aliphatic rings. The van der Waals surface area contributed by atoms with Crippen molar-refractivity contribution in [1.29, 1.82) is 0 Å². The third-order valence-electron chi connectivity index (χ3n) is 3.41. The summed E-state index contributed by atoms with van der Waals surface area (Å²) in [5, 5.41) is 9.28. The first-order valence-electron chi connectivity index (χ1n) is 7.30. The van der Waals surface area contributed by atoms with Crippen molar-refractivity contribution in [3.63, 3.8) is 0 Å². The van der Waals surface area contributed by atoms with E-state index in [1.165, 1.54) is 26.2 Å². The van der Waals surface area contributed by atoms with Crippen molar-refractivity contribution in [2.45, 2.75) is 19.9 Å². The predicted molar refractivity (Wildman–Crippen MR) is 96.3 cm³/mol. The Morgan fingerprint density at radius 1 is 1.44 bits per heavy atom. The van der Waals surface area contributed by atoms with Gasteiger partial charge in [0.25, 0.3) is 11.1 Å². The SMILES string of the molecule is CCOC(=O)[C@@H](C)N1C(=O)S/C(=C/c2cc(Br)c(O)c(OC)c2)C1=O. The largest absolute Gasteiger partial charge is 0.503 e. The van der Waals surface area contributed by atoms with E-state index in [2.05, 4.69) is 15.9 Å². The lowest BCUT2D eigenvalue weighted by Gasteiger charge is -2.19. The summed E-state index contributed by atoms with van der Waals surface area (Å²) in [6, 6.07) is 2.11. The number of carbonyl (C=O) groups excluding carboxylic acids is 3. The minimum atomic E-state index is -1.00. The molecule has 1 aromatic carbocycles. The number of benzene rings is 1. The molecular weight excluding hydrogens is 414 g/mol. The second-order valence-electron chi connectivity index (χ2n) is 5.03. The molecule has 1 fully saturated rings. The Balaban J connectivity index is 2.32. The number of aromatic hydroxyl groups is 1. The van der Waals surface area contributed by atoms with Gasteiger partial charge in [-0.1, -0.05) is 0 Å². The number of thioether (sulfide) groups is 1. The van der Waals surface area contributed by atoms with Gasteiger partial charge in [-0.3, -0.25) is 14.5 Å². The number of phenolic OH excluding ortho intramolecular Hbond substituents is 1. The number of hydrogen-bond donors (Lipinski definition) is 1. The third-order valence-corrected chi connectivity index (χ3v) is 4.90. The van der Waals surface area contributed by atoms with Gasteiger partial charge in [0.15, 0.2) is 11.5 Å². The van der Waals surface area contributed by atoms with Crippen molar-refractivity contribution >= 4 is 50.9 Å². The van der Waals surface area contributed by atoms with Crippen LogP contribution in [0.4, 0.5) is 4.79 Å². The van der Waals surface area contributed by atoms with Gasteiger partial charge in [0.05, 0.1) is 23.1 Å². The Morgan fingerprint density at radius 2 is 2.12 bits per heavy atom. The zero-order chi connectivity index (χ0) is 18.7. The standard InChI is InChI=1S/C16H16BrNO6S/c1-4-24-15(21)8(2)18-14(20)12(25-16(18)22)7-9-5-10(17)13(19)11(6-9)23-3/h5-8,19H,4H2,1-3H3/b12-7+/t8-/m1/s1. The van der Waals surface area contributed by atoms with Gasteiger partial charge in [-0.05, 0) is 65.3 Å². The molecule has 1 aromatic rings. The molecule has 1 aliphatic heterocycles. The van der Waals surface area contributed by atoms with Gasteiger partial charge in [0.1, 0.15) is 6.04 Å². The summed E-state index contributed by atoms with van der Waals surface area (Å²) in [6.45, 7) is 3.25. The number of phenols is 1. The maximum absolute atomic E-state index is 12.5. The van der Waals surface area contributed by atoms with E-state index in [1.807, 2.05) is 0 Å². The van der Waals surface area contributed by atoms with Crippen LogP contribution in [0.15, 0.2) is 21.5 Å². The second kappa shape index (κ2) is 7.92. The van der Waals surface area contributed by atoms with Gasteiger partial charge < -0.3 is 14.6 Å². The van der Waals surface area contributed by atoms with Crippen LogP contribution in [0, 0.1) is 0 Å². The molecule has 0 spiro atoms. The van der Waals surface area contributed by atoms with Crippen molar-refractivity contribution < 1.29 is 29.0 Å². The topological polar surface area (TPSA) is 93.1 Å². The smallest absolute Gasteiger partial charge is 0.329 e. The van der Waals surface area contributed by atoms with E-state index in [0.29, 0.717) is 10.0 Å². The van der Waals surface area contributed by atoms with Crippen LogP contribution in [0.2, 0.25) is 0 Å². The maximum Gasteiger partial charge on any atom is 0.329 e. The van der Waals surface area contributed by atoms with E-state index in [1.54, 1.807) is 13.0 Å². The number of amides is 2. The van der Waals surface area contributed by atoms with Crippen LogP contribution in [-0.2, 0) is 14.3 Å². The molecule has 1 saturated heterocycles. The quantitative estimate of drug-likeness (QED) is 0.567. The van der Waals surface area contributed by atoms with Crippen molar-refractivity contribution in [2.24, 2.45) is 0 Å². The number of esters is 1. The molecule has 0 bridgehead atoms. The van der Waals surface area contributed by atoms with E-state index < -0.39 is 23.2 Å². The fourth-order valence-corrected chi connectivity index (χ4v) is 3.53. The molecule has 2 rings (SSSR count). The number of hydrogen-bond acceptors (Lipinski definition) is 7. The first-order valence-corrected chi connectivity index (χ1v) is 8.91. The van der Waals surface area contributed by atoms with Crippen LogP contribution in [0.1, 0.15) is 19.4 Å². The van der Waals surface area contributed by atoms with Crippen LogP contribution in [0.25, 0.3) is 6.08 Å². The molecule has 9 heteroatoms. The van der Waals surface area contributed by atoms with E-state index in [4.69, 9.17) is 9.47 Å². The summed E-state index contributed by atoms with van der Waals surface area (Å²) in [5.41, 5.74) is 0.552. The van der Waals surface area contributed by atoms with Crippen molar-refractivity contribution in [2.75, 3.05) is 13.7 Å². The lowest BCUT2D eigenvalue weighted by atomic mass is 10.1. The van der Waals surface area contributed by atoms with Gasteiger partial charge in [-0.25, -0.2) is 4.79 Å². The molecule has 7 nitrogen and oxygen atoms in total. The summed E-state index contributed by atoms with van der Waals surface area (Å²) in [6.07, 6.45) is 1.50. The Morgan fingerprint density at radius 3 is 2.72 bits per heavy atom. The zero-order valence-electron chi connectivity index (χ0n) is 13.7. The third kappa shape index (κ3) is 3.98. The molecule has 0 radical (unpaired) electrons. The molecule has 1 atom stereocenters. The Kier molecular flexibility index (Phi) is 6.12. The summed E-state index contributed by atoms with van der Waals surface area (Å²) < 4.78 is 10.3. The van der Waals surface area contributed by atoms with Crippen LogP contribution in [-0.4, -0.2) is 46.9 Å². The first kappa shape index (κ1) is 19.3. The van der Waals surface area contributed by atoms with E-state index in [9.17, 15) is 19.5 Å². The summed E-state index contributed by atoms with van der Waals surface area (Å²) in [7, 11) is 1.40. The molecule has 0 unspecified atom stereocenters. The number of halogens is 1. The number of imide groups is 1. The first-order chi connectivity index (χ1) is 11.8. The average molecular weight is 430 g/mol. The highest BCUT2D eigenvalue weighted by Crippen LogP contribution is 2.38. The van der Waals surface area contributed by atoms with Crippen LogP contribution in [0.5, 0.6) is 11.5 Å². The fraction of sp³-hybridized carbons (Fsp3) is 0.312. The van der Waals surface area contributed by atoms with E-state index in [-0.39, 0.29) is 23.0 Å². The van der Waals surface area contributed by atoms with E-state index >= 15 is 0 Å². The Labute approximate surface area is 157 Å². The molecule has 1 N–H and O–H groups in total. The molecule has 25 heavy (non-hydrogen) atoms. The summed E-state index contributed by atoms with van der Waals surface area (Å²) >= 11 is 3.93. The Bertz CT molecular complexity index is 763. The fourth-order valence-electron chi connectivity index (χ4n) is 2.17. The summed E-state index contributed by atoms with van der Waals surface area (Å²) in [5.74, 6) is -1.05. The molecule has 0 aliphatic carbocycles. The number of rotatable bonds is 5. The number of ether oxygens (including phenoxy) is 2. The highest BCUT2D eigenvalue weighted by atomic mass is 79.9. The molecule has 0 saturated carbocycles. The summed E-state index contributed by atoms with van der Waals surface area (Å²) in [4.78, 5) is 37.5. The molecule has 134 valence electrons. The number of carbonyl (C=O) groups is 3. The number of methoxy groups -OCH3 is 1. The van der Waals surface area contributed by atoms with Gasteiger partial charge in [0, 0.05) is 0 Å². The minimum Gasteiger partial charge on any atom is -0.503 e. The van der Waals surface area contributed by atoms with Crippen molar-refractivity contribution in [1.82, 2.24) is 4.90 Å². The highest BCUT2D eigenvalue weighted by molar-refractivity contribution is 9.10. The zero-order valence-corrected chi connectivity index (χ0v) is 16.1. The minimum absolute atomic E-state index is 0.0660. The normalized spacial score (nSPS) is 17.1. The van der Waals surface area contributed by atoms with Crippen molar-refractivity contribution in [3.8, 4) is 11.5 Å². The second-order valence-corrected chi connectivity index (χ2v) is 6.88. The van der Waals surface area contributed by atoms with Crippen LogP contribution in [0.3, 0.4) is 0 Å². The van der Waals surface area contributed by atoms with Crippen LogP contribution >= 0.6 is 27.7 Å². The predicted octanol–water partition coefficient (Wildman–Crippen LogP) is 3.15. The van der Waals surface area contributed by atoms with Gasteiger partial charge in [0.2, 0.25) is 0 Å². The molecule has 2 amide bonds. The van der Waals surface area contributed by atoms with Gasteiger partial charge >= 0.3 is 5.97 Å². The molecule has 1 heterocycles. The van der Waals surface area contributed by atoms with Crippen molar-refractivity contribution in [3.05, 3.63) is 27.1 Å². The molecular formula is C16H16BrNO6S. The maximum atomic E-state index is 12.5. The van der Waals surface area contributed by atoms with E-state index in [0.717, 1.165) is 16.7 Å². The lowest BCUT2D eigenvalue weighted by Crippen LogP contribution is -2.42.